The highest BCUT2D eigenvalue weighted by molar-refractivity contribution is 7.88. The summed E-state index contributed by atoms with van der Waals surface area (Å²) in [5, 5.41) is 0.558. The third-order valence-electron chi connectivity index (χ3n) is 4.57. The number of anilines is 1. The summed E-state index contributed by atoms with van der Waals surface area (Å²) in [6.45, 7) is 6.78. The quantitative estimate of drug-likeness (QED) is 0.536. The van der Waals surface area contributed by atoms with Crippen molar-refractivity contribution in [3.63, 3.8) is 0 Å². The van der Waals surface area contributed by atoms with Crippen LogP contribution in [0.3, 0.4) is 0 Å². The number of amides is 1. The minimum absolute atomic E-state index is 0. The summed E-state index contributed by atoms with van der Waals surface area (Å²) >= 11 is 1.39. The van der Waals surface area contributed by atoms with E-state index >= 15 is 0 Å². The Bertz CT molecular complexity index is 916. The normalized spacial score (nSPS) is 11.7. The molecular formula is C18H29ClN4O4S2. The van der Waals surface area contributed by atoms with Gasteiger partial charge in [0.15, 0.2) is 5.13 Å². The van der Waals surface area contributed by atoms with E-state index in [1.54, 1.807) is 12.0 Å². The van der Waals surface area contributed by atoms with Gasteiger partial charge in [0.1, 0.15) is 5.75 Å². The number of benzene rings is 1. The predicted octanol–water partition coefficient (Wildman–Crippen LogP) is 2.29. The molecule has 8 nitrogen and oxygen atoms in total. The van der Waals surface area contributed by atoms with Crippen molar-refractivity contribution in [3.8, 4) is 5.75 Å². The summed E-state index contributed by atoms with van der Waals surface area (Å²) < 4.78 is 30.6. The number of hydrogen-bond acceptors (Lipinski definition) is 7. The van der Waals surface area contributed by atoms with Crippen molar-refractivity contribution < 1.29 is 17.9 Å². The van der Waals surface area contributed by atoms with Gasteiger partial charge in [-0.15, -0.1) is 12.4 Å². The number of hydrogen-bond donors (Lipinski definition) is 0. The van der Waals surface area contributed by atoms with Gasteiger partial charge < -0.3 is 9.64 Å². The Morgan fingerprint density at radius 1 is 1.21 bits per heavy atom. The molecule has 2 rings (SSSR count). The Labute approximate surface area is 182 Å². The number of fused-ring (bicyclic) bond motifs is 1. The highest BCUT2D eigenvalue weighted by Gasteiger charge is 2.24. The van der Waals surface area contributed by atoms with Crippen LogP contribution < -0.4 is 9.64 Å². The highest BCUT2D eigenvalue weighted by Crippen LogP contribution is 2.31. The largest absolute Gasteiger partial charge is 0.497 e. The van der Waals surface area contributed by atoms with E-state index in [0.29, 0.717) is 18.2 Å². The number of ether oxygens (including phenoxy) is 1. The Balaban J connectivity index is 0.00000420. The van der Waals surface area contributed by atoms with E-state index < -0.39 is 10.0 Å². The van der Waals surface area contributed by atoms with Crippen LogP contribution in [0.4, 0.5) is 5.13 Å². The zero-order valence-corrected chi connectivity index (χ0v) is 19.9. The first-order chi connectivity index (χ1) is 13.2. The molecule has 11 heteroatoms. The third kappa shape index (κ3) is 6.78. The highest BCUT2D eigenvalue weighted by atomic mass is 35.5. The number of thiazole rings is 1. The van der Waals surface area contributed by atoms with E-state index in [0.717, 1.165) is 39.6 Å². The van der Waals surface area contributed by atoms with Crippen molar-refractivity contribution in [2.45, 2.75) is 13.8 Å². The zero-order chi connectivity index (χ0) is 20.9. The maximum absolute atomic E-state index is 12.9. The second-order valence-electron chi connectivity index (χ2n) is 6.42. The summed E-state index contributed by atoms with van der Waals surface area (Å²) in [4.78, 5) is 21.3. The number of likely N-dealkylation sites (N-methyl/N-ethyl adjacent to an activating group) is 2. The first kappa shape index (κ1) is 25.6. The number of halogens is 1. The second kappa shape index (κ2) is 11.1. The smallest absolute Gasteiger partial charge is 0.244 e. The van der Waals surface area contributed by atoms with Crippen LogP contribution in [-0.2, 0) is 14.8 Å². The molecule has 0 aliphatic heterocycles. The zero-order valence-electron chi connectivity index (χ0n) is 17.4. The number of sulfonamides is 1. The summed E-state index contributed by atoms with van der Waals surface area (Å²) in [7, 11) is -0.443. The molecule has 0 saturated heterocycles. The Hall–Kier alpha value is -1.46. The molecular weight excluding hydrogens is 436 g/mol. The van der Waals surface area contributed by atoms with Crippen LogP contribution in [0.15, 0.2) is 18.2 Å². The second-order valence-corrected chi connectivity index (χ2v) is 9.52. The molecule has 1 aromatic heterocycles. The lowest BCUT2D eigenvalue weighted by atomic mass is 10.3. The number of carbonyl (C=O) groups excluding carboxylic acids is 1. The molecule has 0 saturated carbocycles. The number of carbonyl (C=O) groups is 1. The minimum atomic E-state index is -3.45. The van der Waals surface area contributed by atoms with Gasteiger partial charge >= 0.3 is 0 Å². The van der Waals surface area contributed by atoms with Crippen LogP contribution in [0.25, 0.3) is 10.2 Å². The molecule has 1 heterocycles. The number of aromatic nitrogens is 1. The number of rotatable bonds is 10. The van der Waals surface area contributed by atoms with E-state index in [2.05, 4.69) is 23.7 Å². The Morgan fingerprint density at radius 3 is 2.41 bits per heavy atom. The van der Waals surface area contributed by atoms with Crippen molar-refractivity contribution in [1.82, 2.24) is 14.2 Å². The maximum Gasteiger partial charge on any atom is 0.244 e. The molecule has 164 valence electrons. The molecule has 1 amide bonds. The molecule has 0 fully saturated rings. The average molecular weight is 465 g/mol. The Morgan fingerprint density at radius 2 is 1.86 bits per heavy atom. The molecule has 0 bridgehead atoms. The number of nitrogens with zero attached hydrogens (tertiary/aromatic N) is 4. The van der Waals surface area contributed by atoms with Crippen LogP contribution in [0, 0.1) is 0 Å². The Kier molecular flexibility index (Phi) is 9.77. The fraction of sp³-hybridized carbons (Fsp3) is 0.556. The summed E-state index contributed by atoms with van der Waals surface area (Å²) in [6.07, 6.45) is 1.09. The molecule has 0 N–H and O–H groups in total. The van der Waals surface area contributed by atoms with E-state index in [4.69, 9.17) is 4.74 Å². The van der Waals surface area contributed by atoms with Gasteiger partial charge in [0.25, 0.3) is 0 Å². The lowest BCUT2D eigenvalue weighted by Gasteiger charge is -2.26. The van der Waals surface area contributed by atoms with Crippen molar-refractivity contribution >= 4 is 55.0 Å². The van der Waals surface area contributed by atoms with Crippen molar-refractivity contribution in [2.75, 3.05) is 58.0 Å². The van der Waals surface area contributed by atoms with Crippen LogP contribution in [0.1, 0.15) is 13.8 Å². The average Bonchev–Trinajstić information content (AvgIpc) is 3.06. The van der Waals surface area contributed by atoms with Crippen LogP contribution in [0.2, 0.25) is 0 Å². The van der Waals surface area contributed by atoms with Gasteiger partial charge in [0.2, 0.25) is 15.9 Å². The van der Waals surface area contributed by atoms with Crippen molar-refractivity contribution in [3.05, 3.63) is 18.2 Å². The lowest BCUT2D eigenvalue weighted by Crippen LogP contribution is -2.44. The molecule has 0 aliphatic carbocycles. The minimum Gasteiger partial charge on any atom is -0.497 e. The van der Waals surface area contributed by atoms with Crippen LogP contribution in [0.5, 0.6) is 5.75 Å². The lowest BCUT2D eigenvalue weighted by molar-refractivity contribution is -0.118. The van der Waals surface area contributed by atoms with Gasteiger partial charge in [-0.2, -0.15) is 4.31 Å². The van der Waals surface area contributed by atoms with Gasteiger partial charge in [-0.05, 0) is 31.3 Å². The fourth-order valence-electron chi connectivity index (χ4n) is 2.64. The summed E-state index contributed by atoms with van der Waals surface area (Å²) in [5.74, 6) is 0.423. The molecule has 0 aliphatic rings. The molecule has 29 heavy (non-hydrogen) atoms. The first-order valence-corrected chi connectivity index (χ1v) is 11.7. The third-order valence-corrected chi connectivity index (χ3v) is 6.88. The van der Waals surface area contributed by atoms with E-state index in [9.17, 15) is 13.2 Å². The van der Waals surface area contributed by atoms with Crippen LogP contribution in [-0.4, -0.2) is 81.7 Å². The molecule has 0 radical (unpaired) electrons. The SMILES string of the molecule is CCN(CC)CCN(C(=O)CN(C)S(C)(=O)=O)c1nc2ccc(OC)cc2s1.Cl. The summed E-state index contributed by atoms with van der Waals surface area (Å²) in [5.41, 5.74) is 0.776. The topological polar surface area (TPSA) is 83.0 Å². The monoisotopic (exact) mass is 464 g/mol. The molecule has 0 atom stereocenters. The van der Waals surface area contributed by atoms with Gasteiger partial charge in [-0.25, -0.2) is 13.4 Å². The van der Waals surface area contributed by atoms with Crippen LogP contribution >= 0.6 is 23.7 Å². The van der Waals surface area contributed by atoms with Gasteiger partial charge in [-0.3, -0.25) is 9.69 Å². The van der Waals surface area contributed by atoms with E-state index in [1.807, 2.05) is 18.2 Å². The predicted molar refractivity (Wildman–Crippen MR) is 121 cm³/mol. The summed E-state index contributed by atoms with van der Waals surface area (Å²) in [6, 6.07) is 5.56. The van der Waals surface area contributed by atoms with E-state index in [-0.39, 0.29) is 24.9 Å². The molecule has 2 aromatic rings. The number of methoxy groups -OCH3 is 1. The first-order valence-electron chi connectivity index (χ1n) is 9.08. The van der Waals surface area contributed by atoms with Gasteiger partial charge in [0.05, 0.1) is 30.1 Å². The molecule has 0 unspecified atom stereocenters. The van der Waals surface area contributed by atoms with Crippen molar-refractivity contribution in [1.29, 1.82) is 0 Å². The maximum atomic E-state index is 12.9. The van der Waals surface area contributed by atoms with E-state index in [1.165, 1.54) is 18.4 Å². The fourth-order valence-corrected chi connectivity index (χ4v) is 4.02. The standard InChI is InChI=1S/C18H28N4O4S2.ClH/c1-6-21(7-2)10-11-22(17(23)13-20(3)28(5,24)25)18-19-15-9-8-14(26-4)12-16(15)27-18;/h8-9,12H,6-7,10-11,13H2,1-5H3;1H. The molecule has 0 spiro atoms. The van der Waals surface area contributed by atoms with Gasteiger partial charge in [0, 0.05) is 20.1 Å². The van der Waals surface area contributed by atoms with Crippen molar-refractivity contribution in [2.24, 2.45) is 0 Å². The van der Waals surface area contributed by atoms with Gasteiger partial charge in [-0.1, -0.05) is 25.2 Å². The molecule has 1 aromatic carbocycles.